The fourth-order valence-electron chi connectivity index (χ4n) is 3.41. The first kappa shape index (κ1) is 21.3. The number of aryl methyl sites for hydroxylation is 2. The molecule has 0 unspecified atom stereocenters. The van der Waals surface area contributed by atoms with Gasteiger partial charge in [0.1, 0.15) is 5.75 Å². The lowest BCUT2D eigenvalue weighted by atomic mass is 10.1. The lowest BCUT2D eigenvalue weighted by molar-refractivity contribution is -0.118. The monoisotopic (exact) mass is 459 g/mol. The Morgan fingerprint density at radius 2 is 1.69 bits per heavy atom. The van der Waals surface area contributed by atoms with Gasteiger partial charge in [0.25, 0.3) is 11.8 Å². The largest absolute Gasteiger partial charge is 0.483 e. The number of amides is 2. The first-order chi connectivity index (χ1) is 13.8. The van der Waals surface area contributed by atoms with E-state index in [0.29, 0.717) is 30.1 Å². The molecule has 2 amide bonds. The Morgan fingerprint density at radius 1 is 1.07 bits per heavy atom. The Morgan fingerprint density at radius 3 is 2.34 bits per heavy atom. The lowest BCUT2D eigenvalue weighted by Gasteiger charge is -2.32. The van der Waals surface area contributed by atoms with E-state index in [4.69, 9.17) is 4.74 Å². The molecular formula is C22H26BrN3O3. The summed E-state index contributed by atoms with van der Waals surface area (Å²) in [6.45, 7) is 6.82. The standard InChI is InChI=1S/C22H26BrN3O3/c1-15-12-17(23)13-16(2)21(15)29-14-20(27)24-19-7-5-4-6-18(19)22(28)26-10-8-25(3)9-11-26/h4-7,12-13H,8-11,14H2,1-3H3,(H,24,27). The fraction of sp³-hybridized carbons (Fsp3) is 0.364. The number of piperazine rings is 1. The molecule has 2 aromatic rings. The van der Waals surface area contributed by atoms with Crippen LogP contribution in [0.15, 0.2) is 40.9 Å². The van der Waals surface area contributed by atoms with Crippen LogP contribution in [0.4, 0.5) is 5.69 Å². The molecule has 1 aliphatic rings. The van der Waals surface area contributed by atoms with Crippen LogP contribution in [0.3, 0.4) is 0 Å². The van der Waals surface area contributed by atoms with Crippen LogP contribution < -0.4 is 10.1 Å². The molecule has 0 bridgehead atoms. The molecule has 1 saturated heterocycles. The number of carbonyl (C=O) groups excluding carboxylic acids is 2. The van der Waals surface area contributed by atoms with Gasteiger partial charge in [0, 0.05) is 30.7 Å². The summed E-state index contributed by atoms with van der Waals surface area (Å²) < 4.78 is 6.72. The normalized spacial score (nSPS) is 14.6. The van der Waals surface area contributed by atoms with Crippen LogP contribution in [0, 0.1) is 13.8 Å². The van der Waals surface area contributed by atoms with E-state index >= 15 is 0 Å². The number of rotatable bonds is 5. The molecule has 0 atom stereocenters. The van der Waals surface area contributed by atoms with Gasteiger partial charge in [-0.2, -0.15) is 0 Å². The van der Waals surface area contributed by atoms with Gasteiger partial charge < -0.3 is 19.9 Å². The van der Waals surface area contributed by atoms with Crippen molar-refractivity contribution in [3.05, 3.63) is 57.6 Å². The van der Waals surface area contributed by atoms with Crippen LogP contribution in [0.5, 0.6) is 5.75 Å². The number of anilines is 1. The van der Waals surface area contributed by atoms with Gasteiger partial charge in [0.15, 0.2) is 6.61 Å². The van der Waals surface area contributed by atoms with E-state index in [1.54, 1.807) is 18.2 Å². The van der Waals surface area contributed by atoms with Crippen molar-refractivity contribution >= 4 is 33.4 Å². The summed E-state index contributed by atoms with van der Waals surface area (Å²) in [5, 5.41) is 2.83. The number of hydrogen-bond donors (Lipinski definition) is 1. The average molecular weight is 460 g/mol. The molecule has 0 spiro atoms. The van der Waals surface area contributed by atoms with Crippen molar-refractivity contribution in [3.8, 4) is 5.75 Å². The van der Waals surface area contributed by atoms with Crippen molar-refractivity contribution in [1.82, 2.24) is 9.80 Å². The molecule has 1 heterocycles. The van der Waals surface area contributed by atoms with Crippen LogP contribution in [0.25, 0.3) is 0 Å². The van der Waals surface area contributed by atoms with Crippen molar-refractivity contribution in [2.45, 2.75) is 13.8 Å². The highest BCUT2D eigenvalue weighted by atomic mass is 79.9. The zero-order chi connectivity index (χ0) is 21.0. The van der Waals surface area contributed by atoms with E-state index in [0.717, 1.165) is 28.7 Å². The predicted octanol–water partition coefficient (Wildman–Crippen LogP) is 3.47. The fourth-order valence-corrected chi connectivity index (χ4v) is 4.09. The highest BCUT2D eigenvalue weighted by Gasteiger charge is 2.23. The van der Waals surface area contributed by atoms with Crippen molar-refractivity contribution in [2.24, 2.45) is 0 Å². The minimum absolute atomic E-state index is 0.0606. The summed E-state index contributed by atoms with van der Waals surface area (Å²) in [6, 6.07) is 11.0. The minimum Gasteiger partial charge on any atom is -0.483 e. The highest BCUT2D eigenvalue weighted by molar-refractivity contribution is 9.10. The van der Waals surface area contributed by atoms with E-state index in [9.17, 15) is 9.59 Å². The van der Waals surface area contributed by atoms with Gasteiger partial charge in [-0.3, -0.25) is 9.59 Å². The number of carbonyl (C=O) groups is 2. The molecule has 154 valence electrons. The molecule has 3 rings (SSSR count). The Kier molecular flexibility index (Phi) is 6.92. The number of halogens is 1. The molecule has 1 aliphatic heterocycles. The summed E-state index contributed by atoms with van der Waals surface area (Å²) in [6.07, 6.45) is 0. The Hall–Kier alpha value is -2.38. The molecule has 0 aromatic heterocycles. The summed E-state index contributed by atoms with van der Waals surface area (Å²) >= 11 is 3.46. The highest BCUT2D eigenvalue weighted by Crippen LogP contribution is 2.27. The van der Waals surface area contributed by atoms with E-state index in [1.807, 2.05) is 44.0 Å². The summed E-state index contributed by atoms with van der Waals surface area (Å²) in [7, 11) is 2.05. The van der Waals surface area contributed by atoms with Gasteiger partial charge in [-0.15, -0.1) is 0 Å². The summed E-state index contributed by atoms with van der Waals surface area (Å²) in [5.74, 6) is 0.338. The quantitative estimate of drug-likeness (QED) is 0.743. The third-order valence-corrected chi connectivity index (χ3v) is 5.45. The molecule has 0 radical (unpaired) electrons. The van der Waals surface area contributed by atoms with E-state index in [1.165, 1.54) is 0 Å². The number of likely N-dealkylation sites (N-methyl/N-ethyl adjacent to an activating group) is 1. The first-order valence-corrected chi connectivity index (χ1v) is 10.4. The maximum atomic E-state index is 12.9. The van der Waals surface area contributed by atoms with Gasteiger partial charge >= 0.3 is 0 Å². The topological polar surface area (TPSA) is 61.9 Å². The van der Waals surface area contributed by atoms with Gasteiger partial charge in [-0.25, -0.2) is 0 Å². The number of benzene rings is 2. The molecule has 29 heavy (non-hydrogen) atoms. The molecular weight excluding hydrogens is 434 g/mol. The molecule has 0 saturated carbocycles. The second kappa shape index (κ2) is 9.41. The third-order valence-electron chi connectivity index (χ3n) is 4.99. The molecule has 7 heteroatoms. The Labute approximate surface area is 180 Å². The number of para-hydroxylation sites is 1. The average Bonchev–Trinajstić information content (AvgIpc) is 2.67. The lowest BCUT2D eigenvalue weighted by Crippen LogP contribution is -2.47. The van der Waals surface area contributed by atoms with Gasteiger partial charge in [-0.05, 0) is 56.3 Å². The summed E-state index contributed by atoms with van der Waals surface area (Å²) in [4.78, 5) is 29.4. The van der Waals surface area contributed by atoms with Crippen molar-refractivity contribution in [3.63, 3.8) is 0 Å². The number of nitrogens with zero attached hydrogens (tertiary/aromatic N) is 2. The van der Waals surface area contributed by atoms with Crippen molar-refractivity contribution in [2.75, 3.05) is 45.2 Å². The van der Waals surface area contributed by atoms with Crippen LogP contribution in [0.2, 0.25) is 0 Å². The molecule has 2 aromatic carbocycles. The molecule has 1 fully saturated rings. The van der Waals surface area contributed by atoms with Crippen LogP contribution >= 0.6 is 15.9 Å². The zero-order valence-corrected chi connectivity index (χ0v) is 18.6. The van der Waals surface area contributed by atoms with Crippen molar-refractivity contribution in [1.29, 1.82) is 0 Å². The molecule has 0 aliphatic carbocycles. The molecule has 6 nitrogen and oxygen atoms in total. The Bertz CT molecular complexity index is 885. The van der Waals surface area contributed by atoms with Crippen LogP contribution in [0.1, 0.15) is 21.5 Å². The van der Waals surface area contributed by atoms with E-state index in [-0.39, 0.29) is 18.4 Å². The predicted molar refractivity (Wildman–Crippen MR) is 118 cm³/mol. The second-order valence-corrected chi connectivity index (χ2v) is 8.26. The van der Waals surface area contributed by atoms with Crippen LogP contribution in [-0.2, 0) is 4.79 Å². The molecule has 1 N–H and O–H groups in total. The minimum atomic E-state index is -0.301. The zero-order valence-electron chi connectivity index (χ0n) is 17.0. The van der Waals surface area contributed by atoms with Crippen molar-refractivity contribution < 1.29 is 14.3 Å². The number of ether oxygens (including phenoxy) is 1. The van der Waals surface area contributed by atoms with Gasteiger partial charge in [0.2, 0.25) is 0 Å². The maximum absolute atomic E-state index is 12.9. The van der Waals surface area contributed by atoms with Gasteiger partial charge in [-0.1, -0.05) is 28.1 Å². The Balaban J connectivity index is 1.66. The number of hydrogen-bond acceptors (Lipinski definition) is 4. The van der Waals surface area contributed by atoms with E-state index in [2.05, 4.69) is 26.1 Å². The SMILES string of the molecule is Cc1cc(Br)cc(C)c1OCC(=O)Nc1ccccc1C(=O)N1CCN(C)CC1. The maximum Gasteiger partial charge on any atom is 0.262 e. The third kappa shape index (κ3) is 5.36. The smallest absolute Gasteiger partial charge is 0.262 e. The van der Waals surface area contributed by atoms with E-state index < -0.39 is 0 Å². The first-order valence-electron chi connectivity index (χ1n) is 9.61. The van der Waals surface area contributed by atoms with Crippen LogP contribution in [-0.4, -0.2) is 61.4 Å². The van der Waals surface area contributed by atoms with Gasteiger partial charge in [0.05, 0.1) is 11.3 Å². The second-order valence-electron chi connectivity index (χ2n) is 7.35. The number of nitrogens with one attached hydrogen (secondary N) is 1. The summed E-state index contributed by atoms with van der Waals surface area (Å²) in [5.41, 5.74) is 2.92.